The average Bonchev–Trinajstić information content (AvgIpc) is 2.71. The van der Waals surface area contributed by atoms with Crippen LogP contribution in [0.3, 0.4) is 0 Å². The van der Waals surface area contributed by atoms with Crippen LogP contribution in [0.1, 0.15) is 38.2 Å². The summed E-state index contributed by atoms with van der Waals surface area (Å²) in [5, 5.41) is 2.43. The predicted octanol–water partition coefficient (Wildman–Crippen LogP) is 6.93. The summed E-state index contributed by atoms with van der Waals surface area (Å²) in [7, 11) is 0. The summed E-state index contributed by atoms with van der Waals surface area (Å²) >= 11 is 0. The van der Waals surface area contributed by atoms with Crippen molar-refractivity contribution in [3.63, 3.8) is 0 Å². The summed E-state index contributed by atoms with van der Waals surface area (Å²) in [6, 6.07) is 18.9. The molecule has 0 saturated carbocycles. The lowest BCUT2D eigenvalue weighted by Gasteiger charge is -2.08. The highest BCUT2D eigenvalue weighted by Crippen LogP contribution is 2.26. The van der Waals surface area contributed by atoms with Gasteiger partial charge in [-0.25, -0.2) is 9.37 Å². The lowest BCUT2D eigenvalue weighted by molar-refractivity contribution is 0.330. The number of fused-ring (bicyclic) bond motifs is 1. The first-order valence-electron chi connectivity index (χ1n) is 10.0. The van der Waals surface area contributed by atoms with Gasteiger partial charge in [0.05, 0.1) is 11.9 Å². The topological polar surface area (TPSA) is 22.1 Å². The second kappa shape index (κ2) is 10.0. The second-order valence-electron chi connectivity index (χ2n) is 7.24. The highest BCUT2D eigenvalue weighted by atomic mass is 19.1. The van der Waals surface area contributed by atoms with Gasteiger partial charge in [0.25, 0.3) is 0 Å². The van der Waals surface area contributed by atoms with E-state index in [0.29, 0.717) is 18.9 Å². The number of benzene rings is 2. The molecular formula is C25H28FNO. The lowest BCUT2D eigenvalue weighted by atomic mass is 9.99. The molecule has 2 aromatic carbocycles. The van der Waals surface area contributed by atoms with Gasteiger partial charge in [-0.1, -0.05) is 61.9 Å². The molecule has 146 valence electrons. The molecule has 0 amide bonds. The molecule has 1 atom stereocenters. The third-order valence-electron chi connectivity index (χ3n) is 4.84. The van der Waals surface area contributed by atoms with E-state index in [1.165, 1.54) is 16.3 Å². The number of pyridine rings is 1. The van der Waals surface area contributed by atoms with Crippen molar-refractivity contribution in [1.82, 2.24) is 4.98 Å². The van der Waals surface area contributed by atoms with E-state index in [0.717, 1.165) is 36.9 Å². The van der Waals surface area contributed by atoms with Gasteiger partial charge in [-0.15, -0.1) is 0 Å². The Morgan fingerprint density at radius 1 is 1.04 bits per heavy atom. The van der Waals surface area contributed by atoms with E-state index in [1.807, 2.05) is 18.2 Å². The zero-order valence-corrected chi connectivity index (χ0v) is 16.5. The zero-order valence-electron chi connectivity index (χ0n) is 16.5. The van der Waals surface area contributed by atoms with E-state index in [9.17, 15) is 4.39 Å². The van der Waals surface area contributed by atoms with E-state index in [1.54, 1.807) is 13.0 Å². The Kier molecular flexibility index (Phi) is 7.18. The molecule has 0 aliphatic heterocycles. The minimum Gasteiger partial charge on any atom is -0.473 e. The predicted molar refractivity (Wildman–Crippen MR) is 116 cm³/mol. The first-order chi connectivity index (χ1) is 13.7. The molecule has 0 bridgehead atoms. The third-order valence-corrected chi connectivity index (χ3v) is 4.84. The first-order valence-corrected chi connectivity index (χ1v) is 10.0. The Hall–Kier alpha value is -2.68. The highest BCUT2D eigenvalue weighted by Gasteiger charge is 2.05. The minimum absolute atomic E-state index is 0.448. The number of alkyl halides is 1. The number of aromatic nitrogens is 1. The van der Waals surface area contributed by atoms with Crippen molar-refractivity contribution >= 4 is 10.8 Å². The number of halogens is 1. The first kappa shape index (κ1) is 20.1. The Balaban J connectivity index is 1.68. The van der Waals surface area contributed by atoms with Gasteiger partial charge in [-0.05, 0) is 54.7 Å². The average molecular weight is 378 g/mol. The van der Waals surface area contributed by atoms with E-state index >= 15 is 0 Å². The number of rotatable bonds is 10. The Labute approximate surface area is 167 Å². The summed E-state index contributed by atoms with van der Waals surface area (Å²) in [4.78, 5) is 4.58. The maximum atomic E-state index is 12.8. The molecule has 0 aliphatic rings. The van der Waals surface area contributed by atoms with Gasteiger partial charge < -0.3 is 4.74 Å². The molecule has 0 N–H and O–H groups in total. The van der Waals surface area contributed by atoms with Crippen LogP contribution in [0.4, 0.5) is 4.39 Å². The minimum atomic E-state index is -0.682. The molecule has 0 fully saturated rings. The fourth-order valence-corrected chi connectivity index (χ4v) is 3.34. The Bertz CT molecular complexity index is 919. The van der Waals surface area contributed by atoms with Gasteiger partial charge >= 0.3 is 0 Å². The summed E-state index contributed by atoms with van der Waals surface area (Å²) in [5.41, 5.74) is 3.31. The van der Waals surface area contributed by atoms with Crippen molar-refractivity contribution in [2.24, 2.45) is 0 Å². The molecule has 1 aromatic heterocycles. The van der Waals surface area contributed by atoms with Gasteiger partial charge in [0, 0.05) is 11.6 Å². The van der Waals surface area contributed by atoms with Crippen molar-refractivity contribution in [3.05, 3.63) is 72.8 Å². The Morgan fingerprint density at radius 3 is 2.68 bits per heavy atom. The third kappa shape index (κ3) is 5.66. The summed E-state index contributed by atoms with van der Waals surface area (Å²) in [6.45, 7) is 5.75. The van der Waals surface area contributed by atoms with Gasteiger partial charge in [0.15, 0.2) is 0 Å². The second-order valence-corrected chi connectivity index (χ2v) is 7.24. The van der Waals surface area contributed by atoms with Crippen LogP contribution < -0.4 is 4.74 Å². The molecular weight excluding hydrogens is 349 g/mol. The molecule has 3 aromatic rings. The molecule has 3 rings (SSSR count). The van der Waals surface area contributed by atoms with Crippen molar-refractivity contribution < 1.29 is 9.13 Å². The van der Waals surface area contributed by atoms with Crippen LogP contribution in [0.5, 0.6) is 5.88 Å². The van der Waals surface area contributed by atoms with Gasteiger partial charge in [-0.2, -0.15) is 0 Å². The lowest BCUT2D eigenvalue weighted by Crippen LogP contribution is -1.96. The largest absolute Gasteiger partial charge is 0.473 e. The normalized spacial score (nSPS) is 12.1. The fraction of sp³-hybridized carbons (Fsp3) is 0.320. The molecule has 0 radical (unpaired) electrons. The van der Waals surface area contributed by atoms with Crippen LogP contribution in [0.2, 0.25) is 0 Å². The maximum Gasteiger partial charge on any atom is 0.214 e. The van der Waals surface area contributed by atoms with Crippen molar-refractivity contribution in [2.75, 3.05) is 6.61 Å². The molecule has 0 spiro atoms. The van der Waals surface area contributed by atoms with Crippen LogP contribution >= 0.6 is 0 Å². The Morgan fingerprint density at radius 2 is 1.86 bits per heavy atom. The summed E-state index contributed by atoms with van der Waals surface area (Å²) < 4.78 is 18.4. The van der Waals surface area contributed by atoms with Crippen molar-refractivity contribution in [1.29, 1.82) is 0 Å². The van der Waals surface area contributed by atoms with Crippen LogP contribution in [-0.2, 0) is 6.42 Å². The van der Waals surface area contributed by atoms with Crippen LogP contribution in [0.15, 0.2) is 67.3 Å². The van der Waals surface area contributed by atoms with Crippen molar-refractivity contribution in [2.45, 2.75) is 45.2 Å². The van der Waals surface area contributed by atoms with Crippen LogP contribution in [0.25, 0.3) is 22.0 Å². The summed E-state index contributed by atoms with van der Waals surface area (Å²) in [5.74, 6) is 0.606. The van der Waals surface area contributed by atoms with Gasteiger partial charge in [-0.3, -0.25) is 0 Å². The fourth-order valence-electron chi connectivity index (χ4n) is 3.34. The van der Waals surface area contributed by atoms with E-state index in [4.69, 9.17) is 4.74 Å². The molecule has 1 unspecified atom stereocenters. The standard InChI is InChI=1S/C25H28FNO/c1-3-16-28-25-11-7-10-24(27-25)23-15-14-21-17-20(12-13-22(21)18-23)9-6-4-5-8-19(2)26/h3,7,10-15,17-19H,1,4-6,8-9,16H2,2H3. The zero-order chi connectivity index (χ0) is 19.8. The smallest absolute Gasteiger partial charge is 0.214 e. The van der Waals surface area contributed by atoms with Crippen molar-refractivity contribution in [3.8, 4) is 17.1 Å². The monoisotopic (exact) mass is 377 g/mol. The van der Waals surface area contributed by atoms with Gasteiger partial charge in [0.1, 0.15) is 6.61 Å². The number of ether oxygens (including phenoxy) is 1. The van der Waals surface area contributed by atoms with E-state index in [2.05, 4.69) is 48.0 Å². The molecule has 28 heavy (non-hydrogen) atoms. The molecule has 1 heterocycles. The number of aryl methyl sites for hydroxylation is 1. The number of nitrogens with zero attached hydrogens (tertiary/aromatic N) is 1. The molecule has 0 saturated heterocycles. The van der Waals surface area contributed by atoms with Crippen LogP contribution in [-0.4, -0.2) is 17.8 Å². The van der Waals surface area contributed by atoms with E-state index < -0.39 is 6.17 Å². The van der Waals surface area contributed by atoms with Crippen LogP contribution in [0, 0.1) is 0 Å². The number of hydrogen-bond donors (Lipinski definition) is 0. The molecule has 0 aliphatic carbocycles. The number of unbranched alkanes of at least 4 members (excludes halogenated alkanes) is 2. The summed E-state index contributed by atoms with van der Waals surface area (Å²) in [6.07, 6.45) is 5.91. The van der Waals surface area contributed by atoms with E-state index in [-0.39, 0.29) is 0 Å². The SMILES string of the molecule is C=CCOc1cccc(-c2ccc3cc(CCCCCC(C)F)ccc3c2)n1. The highest BCUT2D eigenvalue weighted by molar-refractivity contribution is 5.87. The molecule has 2 nitrogen and oxygen atoms in total. The van der Waals surface area contributed by atoms with Gasteiger partial charge in [0.2, 0.25) is 5.88 Å². The quantitative estimate of drug-likeness (QED) is 0.282. The molecule has 3 heteroatoms. The maximum absolute atomic E-state index is 12.8. The number of hydrogen-bond acceptors (Lipinski definition) is 2.